The smallest absolute Gasteiger partial charge is 0.361 e. The second-order valence-corrected chi connectivity index (χ2v) is 2.26. The van der Waals surface area contributed by atoms with Crippen molar-refractivity contribution in [1.29, 1.82) is 0 Å². The van der Waals surface area contributed by atoms with Crippen LogP contribution in [-0.4, -0.2) is 25.8 Å². The van der Waals surface area contributed by atoms with Gasteiger partial charge >= 0.3 is 11.7 Å². The van der Waals surface area contributed by atoms with Crippen molar-refractivity contribution in [3.05, 3.63) is 22.0 Å². The van der Waals surface area contributed by atoms with Crippen LogP contribution < -0.4 is 0 Å². The predicted octanol–water partition coefficient (Wildman–Crippen LogP) is 0.509. The van der Waals surface area contributed by atoms with Gasteiger partial charge in [0.05, 0.1) is 4.92 Å². The fraction of sp³-hybridized carbons (Fsp3) is 0.333. The Morgan fingerprint density at radius 1 is 1.85 bits per heavy atom. The van der Waals surface area contributed by atoms with E-state index in [9.17, 15) is 14.9 Å². The van der Waals surface area contributed by atoms with Gasteiger partial charge in [-0.25, -0.2) is 4.79 Å². The molecule has 1 aromatic heterocycles. The van der Waals surface area contributed by atoms with Crippen molar-refractivity contribution >= 4 is 11.7 Å². The lowest BCUT2D eigenvalue weighted by Gasteiger charge is -1.97. The molecule has 0 aliphatic heterocycles. The molecule has 1 rings (SSSR count). The van der Waals surface area contributed by atoms with Crippen LogP contribution in [0.5, 0.6) is 0 Å². The van der Waals surface area contributed by atoms with E-state index in [1.165, 1.54) is 0 Å². The van der Waals surface area contributed by atoms with Gasteiger partial charge in [0.2, 0.25) is 5.69 Å². The number of carboxylic acids is 1. The number of hydrogen-bond acceptors (Lipinski definition) is 4. The van der Waals surface area contributed by atoms with Gasteiger partial charge in [-0.1, -0.05) is 0 Å². The van der Waals surface area contributed by atoms with Gasteiger partial charge in [-0.2, -0.15) is 5.10 Å². The molecule has 0 aromatic carbocycles. The van der Waals surface area contributed by atoms with Gasteiger partial charge < -0.3 is 5.11 Å². The molecule has 1 N–H and O–H groups in total. The van der Waals surface area contributed by atoms with Gasteiger partial charge in [0, 0.05) is 6.54 Å². The van der Waals surface area contributed by atoms with E-state index in [4.69, 9.17) is 5.11 Å². The Hall–Kier alpha value is -1.92. The maximum atomic E-state index is 10.6. The Labute approximate surface area is 72.7 Å². The minimum absolute atomic E-state index is 0.287. The van der Waals surface area contributed by atoms with Gasteiger partial charge in [-0.05, 0) is 6.92 Å². The lowest BCUT2D eigenvalue weighted by Crippen LogP contribution is -2.10. The number of aryl methyl sites for hydroxylation is 1. The number of aromatic nitrogens is 2. The molecular formula is C6H7N3O4. The number of nitro groups is 1. The second kappa shape index (κ2) is 3.21. The average molecular weight is 185 g/mol. The van der Waals surface area contributed by atoms with E-state index >= 15 is 0 Å². The standard InChI is InChI=1S/C6H7N3O4/c1-2-8-5(6(10)11)4(3-7-8)9(12)13/h3H,2H2,1H3,(H,10,11). The van der Waals surface area contributed by atoms with Crippen LogP contribution in [0.1, 0.15) is 17.4 Å². The summed E-state index contributed by atoms with van der Waals surface area (Å²) in [6.07, 6.45) is 0.937. The summed E-state index contributed by atoms with van der Waals surface area (Å²) in [5.74, 6) is -1.34. The zero-order valence-corrected chi connectivity index (χ0v) is 6.80. The molecule has 0 aliphatic carbocycles. The van der Waals surface area contributed by atoms with Crippen LogP contribution in [0.2, 0.25) is 0 Å². The van der Waals surface area contributed by atoms with Crippen LogP contribution in [0.3, 0.4) is 0 Å². The molecule has 7 nitrogen and oxygen atoms in total. The van der Waals surface area contributed by atoms with E-state index in [2.05, 4.69) is 5.10 Å². The third kappa shape index (κ3) is 1.48. The molecule has 1 aromatic rings. The van der Waals surface area contributed by atoms with Crippen LogP contribution in [-0.2, 0) is 6.54 Å². The van der Waals surface area contributed by atoms with Gasteiger partial charge in [0.1, 0.15) is 6.20 Å². The van der Waals surface area contributed by atoms with E-state index in [-0.39, 0.29) is 12.2 Å². The van der Waals surface area contributed by atoms with Gasteiger partial charge in [-0.3, -0.25) is 14.8 Å². The largest absolute Gasteiger partial charge is 0.476 e. The third-order valence-corrected chi connectivity index (χ3v) is 1.52. The van der Waals surface area contributed by atoms with Gasteiger partial charge in [-0.15, -0.1) is 0 Å². The van der Waals surface area contributed by atoms with Crippen molar-refractivity contribution in [2.45, 2.75) is 13.5 Å². The van der Waals surface area contributed by atoms with Gasteiger partial charge in [0.25, 0.3) is 0 Å². The van der Waals surface area contributed by atoms with Crippen molar-refractivity contribution in [3.63, 3.8) is 0 Å². The molecule has 0 spiro atoms. The molecule has 0 saturated carbocycles. The Bertz CT molecular complexity index is 357. The summed E-state index contributed by atoms with van der Waals surface area (Å²) >= 11 is 0. The van der Waals surface area contributed by atoms with Crippen molar-refractivity contribution in [1.82, 2.24) is 9.78 Å². The highest BCUT2D eigenvalue weighted by atomic mass is 16.6. The predicted molar refractivity (Wildman–Crippen MR) is 41.5 cm³/mol. The van der Waals surface area contributed by atoms with Crippen LogP contribution in [0, 0.1) is 10.1 Å². The van der Waals surface area contributed by atoms with Crippen LogP contribution in [0.15, 0.2) is 6.20 Å². The molecule has 0 unspecified atom stereocenters. The Kier molecular flexibility index (Phi) is 2.27. The summed E-state index contributed by atoms with van der Waals surface area (Å²) < 4.78 is 1.07. The number of hydrogen-bond donors (Lipinski definition) is 1. The van der Waals surface area contributed by atoms with E-state index < -0.39 is 16.6 Å². The summed E-state index contributed by atoms with van der Waals surface area (Å²) in [5, 5.41) is 22.6. The fourth-order valence-corrected chi connectivity index (χ4v) is 0.969. The molecule has 0 fully saturated rings. The summed E-state index contributed by atoms with van der Waals surface area (Å²) in [5.41, 5.74) is -0.859. The molecule has 70 valence electrons. The van der Waals surface area contributed by atoms with Crippen molar-refractivity contribution < 1.29 is 14.8 Å². The number of aromatic carboxylic acids is 1. The molecule has 0 bridgehead atoms. The molecule has 0 radical (unpaired) electrons. The molecule has 0 aliphatic rings. The first kappa shape index (κ1) is 9.17. The maximum absolute atomic E-state index is 10.6. The quantitative estimate of drug-likeness (QED) is 0.546. The number of carbonyl (C=O) groups is 1. The Balaban J connectivity index is 3.30. The van der Waals surface area contributed by atoms with Crippen molar-refractivity contribution in [2.75, 3.05) is 0 Å². The molecule has 0 atom stereocenters. The molecular weight excluding hydrogens is 178 g/mol. The first-order valence-electron chi connectivity index (χ1n) is 3.51. The molecule has 0 saturated heterocycles. The SMILES string of the molecule is CCn1ncc([N+](=O)[O-])c1C(=O)O. The van der Waals surface area contributed by atoms with Crippen LogP contribution in [0.4, 0.5) is 5.69 Å². The molecule has 1 heterocycles. The number of rotatable bonds is 3. The van der Waals surface area contributed by atoms with Crippen LogP contribution >= 0.6 is 0 Å². The van der Waals surface area contributed by atoms with Crippen molar-refractivity contribution in [3.8, 4) is 0 Å². The van der Waals surface area contributed by atoms with Gasteiger partial charge in [0.15, 0.2) is 0 Å². The summed E-state index contributed by atoms with van der Waals surface area (Å²) in [7, 11) is 0. The monoisotopic (exact) mass is 185 g/mol. The van der Waals surface area contributed by atoms with Crippen LogP contribution in [0.25, 0.3) is 0 Å². The summed E-state index contributed by atoms with van der Waals surface area (Å²) in [6.45, 7) is 1.94. The minimum atomic E-state index is -1.34. The third-order valence-electron chi connectivity index (χ3n) is 1.52. The number of carboxylic acid groups (broad SMARTS) is 1. The highest BCUT2D eigenvalue weighted by molar-refractivity contribution is 5.90. The summed E-state index contributed by atoms with van der Waals surface area (Å²) in [4.78, 5) is 20.2. The summed E-state index contributed by atoms with van der Waals surface area (Å²) in [6, 6.07) is 0. The normalized spacial score (nSPS) is 9.92. The molecule has 7 heteroatoms. The van der Waals surface area contributed by atoms with E-state index in [0.29, 0.717) is 0 Å². The molecule has 13 heavy (non-hydrogen) atoms. The van der Waals surface area contributed by atoms with E-state index in [0.717, 1.165) is 10.9 Å². The topological polar surface area (TPSA) is 98.3 Å². The average Bonchev–Trinajstić information content (AvgIpc) is 2.46. The lowest BCUT2D eigenvalue weighted by atomic mass is 10.4. The minimum Gasteiger partial charge on any atom is -0.476 e. The first-order chi connectivity index (χ1) is 6.07. The highest BCUT2D eigenvalue weighted by Gasteiger charge is 2.25. The first-order valence-corrected chi connectivity index (χ1v) is 3.51. The Morgan fingerprint density at radius 2 is 2.46 bits per heavy atom. The maximum Gasteiger partial charge on any atom is 0.361 e. The van der Waals surface area contributed by atoms with E-state index in [1.54, 1.807) is 6.92 Å². The fourth-order valence-electron chi connectivity index (χ4n) is 0.969. The number of nitrogens with zero attached hydrogens (tertiary/aromatic N) is 3. The molecule has 0 amide bonds. The zero-order chi connectivity index (χ0) is 10.0. The zero-order valence-electron chi connectivity index (χ0n) is 6.80. The highest BCUT2D eigenvalue weighted by Crippen LogP contribution is 2.17. The second-order valence-electron chi connectivity index (χ2n) is 2.26. The Morgan fingerprint density at radius 3 is 2.85 bits per heavy atom. The lowest BCUT2D eigenvalue weighted by molar-refractivity contribution is -0.385. The van der Waals surface area contributed by atoms with Crippen molar-refractivity contribution in [2.24, 2.45) is 0 Å². The van der Waals surface area contributed by atoms with E-state index in [1.807, 2.05) is 0 Å².